The molecule has 1 amide bonds. The first-order valence-corrected chi connectivity index (χ1v) is 6.06. The molecule has 0 saturated heterocycles. The average molecular weight is 259 g/mol. The summed E-state index contributed by atoms with van der Waals surface area (Å²) in [4.78, 5) is 16.2. The molecular weight excluding hydrogens is 242 g/mol. The van der Waals surface area contributed by atoms with Gasteiger partial charge in [-0.2, -0.15) is 5.10 Å². The standard InChI is InChI=1S/C13H17N5O/c1-8(2)18-12(4-5-15-18)17-13(19)10-6-9(3)16-11(14)7-10/h4-8H,1-3H3,(H2,14,16)(H,17,19). The third-order valence-corrected chi connectivity index (χ3v) is 2.64. The molecule has 0 radical (unpaired) electrons. The van der Waals surface area contributed by atoms with Crippen LogP contribution in [0.4, 0.5) is 11.6 Å². The van der Waals surface area contributed by atoms with Gasteiger partial charge in [-0.1, -0.05) is 0 Å². The van der Waals surface area contributed by atoms with Crippen molar-refractivity contribution in [3.05, 3.63) is 35.7 Å². The number of nitrogen functional groups attached to an aromatic ring is 1. The van der Waals surface area contributed by atoms with Crippen LogP contribution in [0, 0.1) is 6.92 Å². The fourth-order valence-electron chi connectivity index (χ4n) is 1.84. The van der Waals surface area contributed by atoms with Crippen LogP contribution in [-0.2, 0) is 0 Å². The minimum absolute atomic E-state index is 0.176. The second-order valence-corrected chi connectivity index (χ2v) is 4.63. The summed E-state index contributed by atoms with van der Waals surface area (Å²) in [5, 5.41) is 6.98. The van der Waals surface area contributed by atoms with Crippen LogP contribution in [0.15, 0.2) is 24.4 Å². The molecule has 0 aromatic carbocycles. The number of aryl methyl sites for hydroxylation is 1. The van der Waals surface area contributed by atoms with E-state index in [2.05, 4.69) is 15.4 Å². The number of rotatable bonds is 3. The number of carbonyl (C=O) groups excluding carboxylic acids is 1. The fraction of sp³-hybridized carbons (Fsp3) is 0.308. The fourth-order valence-corrected chi connectivity index (χ4v) is 1.84. The molecular formula is C13H17N5O. The van der Waals surface area contributed by atoms with Crippen LogP contribution in [0.5, 0.6) is 0 Å². The topological polar surface area (TPSA) is 85.8 Å². The first-order chi connectivity index (χ1) is 8.97. The Bertz CT molecular complexity index is 583. The number of aromatic nitrogens is 3. The molecule has 0 aliphatic rings. The Balaban J connectivity index is 2.23. The Morgan fingerprint density at radius 2 is 2.16 bits per heavy atom. The number of pyridine rings is 1. The second-order valence-electron chi connectivity index (χ2n) is 4.63. The first-order valence-electron chi connectivity index (χ1n) is 6.06. The highest BCUT2D eigenvalue weighted by molar-refractivity contribution is 6.04. The van der Waals surface area contributed by atoms with E-state index in [0.717, 1.165) is 0 Å². The summed E-state index contributed by atoms with van der Waals surface area (Å²) in [6.07, 6.45) is 1.65. The molecule has 0 unspecified atom stereocenters. The number of nitrogens with zero attached hydrogens (tertiary/aromatic N) is 3. The van der Waals surface area contributed by atoms with Crippen LogP contribution in [-0.4, -0.2) is 20.7 Å². The highest BCUT2D eigenvalue weighted by atomic mass is 16.1. The first kappa shape index (κ1) is 13.1. The lowest BCUT2D eigenvalue weighted by atomic mass is 10.2. The Hall–Kier alpha value is -2.37. The molecule has 0 bridgehead atoms. The lowest BCUT2D eigenvalue weighted by Crippen LogP contribution is -2.17. The minimum atomic E-state index is -0.223. The molecule has 2 heterocycles. The van der Waals surface area contributed by atoms with Gasteiger partial charge in [-0.25, -0.2) is 9.67 Å². The van der Waals surface area contributed by atoms with Gasteiger partial charge in [0, 0.05) is 23.4 Å². The van der Waals surface area contributed by atoms with Crippen molar-refractivity contribution in [1.82, 2.24) is 14.8 Å². The number of hydrogen-bond acceptors (Lipinski definition) is 4. The van der Waals surface area contributed by atoms with Crippen LogP contribution in [0.25, 0.3) is 0 Å². The summed E-state index contributed by atoms with van der Waals surface area (Å²) in [5.41, 5.74) is 6.84. The van der Waals surface area contributed by atoms with Crippen molar-refractivity contribution < 1.29 is 4.79 Å². The highest BCUT2D eigenvalue weighted by Crippen LogP contribution is 2.15. The number of amides is 1. The van der Waals surface area contributed by atoms with Gasteiger partial charge < -0.3 is 11.1 Å². The zero-order valence-electron chi connectivity index (χ0n) is 11.2. The van der Waals surface area contributed by atoms with Crippen molar-refractivity contribution in [2.24, 2.45) is 0 Å². The molecule has 3 N–H and O–H groups in total. The predicted octanol–water partition coefficient (Wildman–Crippen LogP) is 2.00. The lowest BCUT2D eigenvalue weighted by Gasteiger charge is -2.12. The normalized spacial score (nSPS) is 10.7. The van der Waals surface area contributed by atoms with Gasteiger partial charge in [0.1, 0.15) is 11.6 Å². The smallest absolute Gasteiger partial charge is 0.257 e. The van der Waals surface area contributed by atoms with E-state index in [4.69, 9.17) is 5.73 Å². The Labute approximate surface area is 111 Å². The van der Waals surface area contributed by atoms with E-state index in [0.29, 0.717) is 22.9 Å². The van der Waals surface area contributed by atoms with Crippen LogP contribution < -0.4 is 11.1 Å². The minimum Gasteiger partial charge on any atom is -0.384 e. The summed E-state index contributed by atoms with van der Waals surface area (Å²) in [6, 6.07) is 5.18. The van der Waals surface area contributed by atoms with Crippen molar-refractivity contribution in [3.63, 3.8) is 0 Å². The van der Waals surface area contributed by atoms with Crippen molar-refractivity contribution in [2.75, 3.05) is 11.1 Å². The van der Waals surface area contributed by atoms with Gasteiger partial charge in [-0.3, -0.25) is 4.79 Å². The van der Waals surface area contributed by atoms with E-state index in [1.807, 2.05) is 13.8 Å². The molecule has 0 aliphatic carbocycles. The van der Waals surface area contributed by atoms with E-state index in [-0.39, 0.29) is 11.9 Å². The molecule has 2 aromatic rings. The van der Waals surface area contributed by atoms with E-state index >= 15 is 0 Å². The molecule has 0 fully saturated rings. The van der Waals surface area contributed by atoms with Gasteiger partial charge in [0.2, 0.25) is 0 Å². The summed E-state index contributed by atoms with van der Waals surface area (Å²) >= 11 is 0. The Kier molecular flexibility index (Phi) is 3.50. The summed E-state index contributed by atoms with van der Waals surface area (Å²) in [5.74, 6) is 0.773. The predicted molar refractivity (Wildman–Crippen MR) is 74.0 cm³/mol. The number of nitrogens with one attached hydrogen (secondary N) is 1. The number of anilines is 2. The number of hydrogen-bond donors (Lipinski definition) is 2. The zero-order chi connectivity index (χ0) is 14.0. The van der Waals surface area contributed by atoms with Crippen LogP contribution in [0.2, 0.25) is 0 Å². The molecule has 0 atom stereocenters. The van der Waals surface area contributed by atoms with Gasteiger partial charge in [0.15, 0.2) is 0 Å². The molecule has 19 heavy (non-hydrogen) atoms. The monoisotopic (exact) mass is 259 g/mol. The number of carbonyl (C=O) groups is 1. The summed E-state index contributed by atoms with van der Waals surface area (Å²) in [7, 11) is 0. The number of nitrogens with two attached hydrogens (primary N) is 1. The van der Waals surface area contributed by atoms with Gasteiger partial charge >= 0.3 is 0 Å². The van der Waals surface area contributed by atoms with E-state index in [1.165, 1.54) is 0 Å². The molecule has 0 spiro atoms. The summed E-state index contributed by atoms with van der Waals surface area (Å²) in [6.45, 7) is 5.79. The van der Waals surface area contributed by atoms with Gasteiger partial charge in [-0.05, 0) is 32.9 Å². The summed E-state index contributed by atoms with van der Waals surface area (Å²) < 4.78 is 1.75. The molecule has 2 aromatic heterocycles. The average Bonchev–Trinajstić information content (AvgIpc) is 2.75. The maximum Gasteiger partial charge on any atom is 0.257 e. The molecule has 100 valence electrons. The SMILES string of the molecule is Cc1cc(C(=O)Nc2ccnn2C(C)C)cc(N)n1. The second kappa shape index (κ2) is 5.09. The maximum atomic E-state index is 12.2. The van der Waals surface area contributed by atoms with Crippen LogP contribution >= 0.6 is 0 Å². The highest BCUT2D eigenvalue weighted by Gasteiger charge is 2.12. The Morgan fingerprint density at radius 3 is 2.79 bits per heavy atom. The maximum absolute atomic E-state index is 12.2. The van der Waals surface area contributed by atoms with E-state index in [1.54, 1.807) is 36.0 Å². The third kappa shape index (κ3) is 2.90. The van der Waals surface area contributed by atoms with E-state index < -0.39 is 0 Å². The van der Waals surface area contributed by atoms with Gasteiger partial charge in [0.05, 0.1) is 6.20 Å². The van der Waals surface area contributed by atoms with Crippen molar-refractivity contribution in [1.29, 1.82) is 0 Å². The molecule has 0 aliphatic heterocycles. The van der Waals surface area contributed by atoms with Crippen molar-refractivity contribution in [2.45, 2.75) is 26.8 Å². The van der Waals surface area contributed by atoms with Crippen LogP contribution in [0.1, 0.15) is 35.9 Å². The van der Waals surface area contributed by atoms with Gasteiger partial charge in [0.25, 0.3) is 5.91 Å². The molecule has 6 nitrogen and oxygen atoms in total. The van der Waals surface area contributed by atoms with Crippen molar-refractivity contribution in [3.8, 4) is 0 Å². The molecule has 6 heteroatoms. The molecule has 2 rings (SSSR count). The van der Waals surface area contributed by atoms with Crippen molar-refractivity contribution >= 4 is 17.5 Å². The Morgan fingerprint density at radius 1 is 1.42 bits per heavy atom. The zero-order valence-corrected chi connectivity index (χ0v) is 11.2. The van der Waals surface area contributed by atoms with Gasteiger partial charge in [-0.15, -0.1) is 0 Å². The molecule has 0 saturated carbocycles. The quantitative estimate of drug-likeness (QED) is 0.882. The lowest BCUT2D eigenvalue weighted by molar-refractivity contribution is 0.102. The van der Waals surface area contributed by atoms with E-state index in [9.17, 15) is 4.79 Å². The van der Waals surface area contributed by atoms with Crippen LogP contribution in [0.3, 0.4) is 0 Å². The third-order valence-electron chi connectivity index (χ3n) is 2.64. The largest absolute Gasteiger partial charge is 0.384 e.